The second kappa shape index (κ2) is 14.9. The molecule has 1 aromatic heterocycles. The molecular weight excluding hydrogens is 609 g/mol. The summed E-state index contributed by atoms with van der Waals surface area (Å²) in [7, 11) is 1.63. The third-order valence-electron chi connectivity index (χ3n) is 7.36. The van der Waals surface area contributed by atoms with Crippen LogP contribution in [0.5, 0.6) is 0 Å². The minimum absolute atomic E-state index is 0.0991. The first kappa shape index (κ1) is 34.8. The number of nitrogens with zero attached hydrogens (tertiary/aromatic N) is 4. The van der Waals surface area contributed by atoms with Gasteiger partial charge in [-0.05, 0) is 25.0 Å². The fourth-order valence-corrected chi connectivity index (χ4v) is 6.67. The molecular formula is C28H35F3N4O8S. The summed E-state index contributed by atoms with van der Waals surface area (Å²) in [6.45, 7) is 6.63. The number of thioether (sulfide) groups is 1. The molecule has 1 fully saturated rings. The van der Waals surface area contributed by atoms with E-state index in [2.05, 4.69) is 10.3 Å². The van der Waals surface area contributed by atoms with Gasteiger partial charge in [-0.1, -0.05) is 19.1 Å². The van der Waals surface area contributed by atoms with Crippen LogP contribution < -0.4 is 0 Å². The minimum atomic E-state index is -1.68. The van der Waals surface area contributed by atoms with Gasteiger partial charge >= 0.3 is 17.9 Å². The van der Waals surface area contributed by atoms with Crippen LogP contribution in [0, 0.1) is 35.2 Å². The Hall–Kier alpha value is -3.66. The van der Waals surface area contributed by atoms with E-state index >= 15 is 0 Å². The van der Waals surface area contributed by atoms with E-state index in [0.717, 1.165) is 18.7 Å². The maximum atomic E-state index is 14.0. The molecule has 0 radical (unpaired) electrons. The number of rotatable bonds is 13. The fraction of sp³-hybridized carbons (Fsp3) is 0.571. The van der Waals surface area contributed by atoms with Gasteiger partial charge in [-0.3, -0.25) is 19.2 Å². The number of carboxylic acid groups (broad SMARTS) is 2. The molecule has 2 heterocycles. The molecule has 16 heteroatoms. The third kappa shape index (κ3) is 8.28. The number of ether oxygens (including phenoxy) is 2. The normalized spacial score (nSPS) is 22.4. The summed E-state index contributed by atoms with van der Waals surface area (Å²) < 4.78 is 54.2. The second-order valence-electron chi connectivity index (χ2n) is 10.9. The third-order valence-corrected chi connectivity index (χ3v) is 9.13. The first-order valence-corrected chi connectivity index (χ1v) is 14.8. The highest BCUT2D eigenvalue weighted by Gasteiger charge is 2.50. The lowest BCUT2D eigenvalue weighted by Gasteiger charge is -2.46. The van der Waals surface area contributed by atoms with E-state index in [4.69, 9.17) is 9.47 Å². The Morgan fingerprint density at radius 2 is 1.68 bits per heavy atom. The molecule has 44 heavy (non-hydrogen) atoms. The Bertz CT molecular complexity index is 1350. The number of carbonyl (C=O) groups excluding carboxylic acids is 2. The molecule has 1 unspecified atom stereocenters. The van der Waals surface area contributed by atoms with Crippen LogP contribution in [0.3, 0.4) is 0 Å². The monoisotopic (exact) mass is 644 g/mol. The average Bonchev–Trinajstić information content (AvgIpc) is 3.42. The van der Waals surface area contributed by atoms with Crippen LogP contribution in [-0.2, 0) is 28.7 Å². The van der Waals surface area contributed by atoms with Gasteiger partial charge in [0.05, 0.1) is 36.4 Å². The van der Waals surface area contributed by atoms with Crippen molar-refractivity contribution in [3.05, 3.63) is 35.8 Å². The van der Waals surface area contributed by atoms with E-state index in [9.17, 15) is 42.6 Å². The van der Waals surface area contributed by atoms with Gasteiger partial charge in [0.15, 0.2) is 17.5 Å². The van der Waals surface area contributed by atoms with Crippen molar-refractivity contribution in [2.75, 3.05) is 20.2 Å². The Morgan fingerprint density at radius 3 is 2.20 bits per heavy atom. The van der Waals surface area contributed by atoms with E-state index in [-0.39, 0.29) is 29.7 Å². The Labute approximate surface area is 255 Å². The van der Waals surface area contributed by atoms with Gasteiger partial charge in [-0.25, -0.2) is 17.9 Å². The number of benzene rings is 1. The minimum Gasteiger partial charge on any atom is -0.481 e. The standard InChI is InChI=1S/C28H35F3N4O8S/c1-6-34(5)27(41)26(13(2)3)44-28-17(10-23(39)40)25(16(9-22(37)38)21(43-28)12-42-14(4)36)35-11-20(32-33-35)15-7-18(29)24(31)19(30)8-15/h7-8,11,13,16-17,21,25-26,28H,6,9-10,12H2,1-5H3,(H,37,38)(H,39,40)/t16-,17+,21-,25-,26?,28-/m0/s1. The summed E-state index contributed by atoms with van der Waals surface area (Å²) in [5.74, 6) is -10.3. The van der Waals surface area contributed by atoms with E-state index in [1.807, 2.05) is 13.8 Å². The molecule has 1 aliphatic rings. The lowest BCUT2D eigenvalue weighted by atomic mass is 9.79. The van der Waals surface area contributed by atoms with Crippen molar-refractivity contribution >= 4 is 35.6 Å². The van der Waals surface area contributed by atoms with Gasteiger partial charge in [-0.2, -0.15) is 0 Å². The largest absolute Gasteiger partial charge is 0.481 e. The van der Waals surface area contributed by atoms with E-state index in [1.165, 1.54) is 15.8 Å². The number of amides is 1. The topological polar surface area (TPSA) is 161 Å². The fourth-order valence-electron chi connectivity index (χ4n) is 5.11. The summed E-state index contributed by atoms with van der Waals surface area (Å²) in [5, 5.41) is 27.0. The Balaban J connectivity index is 2.17. The Kier molecular flexibility index (Phi) is 11.8. The van der Waals surface area contributed by atoms with Crippen molar-refractivity contribution in [1.29, 1.82) is 0 Å². The van der Waals surface area contributed by atoms with Gasteiger partial charge in [0, 0.05) is 37.9 Å². The highest BCUT2D eigenvalue weighted by atomic mass is 32.2. The summed E-state index contributed by atoms with van der Waals surface area (Å²) in [6, 6.07) is 0.355. The first-order chi connectivity index (χ1) is 20.6. The average molecular weight is 645 g/mol. The number of hydrogen-bond donors (Lipinski definition) is 2. The molecule has 242 valence electrons. The van der Waals surface area contributed by atoms with Crippen molar-refractivity contribution in [3.8, 4) is 11.3 Å². The smallest absolute Gasteiger partial charge is 0.303 e. The zero-order valence-electron chi connectivity index (χ0n) is 24.8. The molecule has 1 saturated heterocycles. The first-order valence-electron chi connectivity index (χ1n) is 13.8. The van der Waals surface area contributed by atoms with Crippen LogP contribution in [-0.4, -0.2) is 90.9 Å². The molecule has 1 amide bonds. The van der Waals surface area contributed by atoms with Crippen molar-refractivity contribution < 1.29 is 52.0 Å². The lowest BCUT2D eigenvalue weighted by molar-refractivity contribution is -0.166. The van der Waals surface area contributed by atoms with Crippen LogP contribution in [0.1, 0.15) is 46.6 Å². The van der Waals surface area contributed by atoms with Crippen molar-refractivity contribution in [1.82, 2.24) is 19.9 Å². The molecule has 2 aromatic rings. The van der Waals surface area contributed by atoms with E-state index < -0.39 is 82.9 Å². The van der Waals surface area contributed by atoms with Gasteiger partial charge < -0.3 is 24.6 Å². The highest BCUT2D eigenvalue weighted by molar-refractivity contribution is 8.01. The van der Waals surface area contributed by atoms with Gasteiger partial charge in [0.2, 0.25) is 5.91 Å². The Morgan fingerprint density at radius 1 is 1.09 bits per heavy atom. The number of hydrogen-bond acceptors (Lipinski definition) is 9. The molecule has 12 nitrogen and oxygen atoms in total. The van der Waals surface area contributed by atoms with Crippen LogP contribution in [0.25, 0.3) is 11.3 Å². The molecule has 0 saturated carbocycles. The number of carbonyl (C=O) groups is 4. The summed E-state index contributed by atoms with van der Waals surface area (Å²) >= 11 is 1.07. The van der Waals surface area contributed by atoms with Gasteiger partial charge in [0.25, 0.3) is 0 Å². The molecule has 2 N–H and O–H groups in total. The molecule has 1 aromatic carbocycles. The SMILES string of the molecule is CCN(C)C(=O)C(S[C@@H]1O[C@@H](COC(C)=O)[C@H](CC(=O)O)[C@H](n2cc(-c3cc(F)c(F)c(F)c3)nn2)[C@H]1CC(=O)O)C(C)C. The zero-order chi connectivity index (χ0) is 32.9. The van der Waals surface area contributed by atoms with Crippen LogP contribution in [0.2, 0.25) is 0 Å². The van der Waals surface area contributed by atoms with Crippen molar-refractivity contribution in [3.63, 3.8) is 0 Å². The number of esters is 1. The van der Waals surface area contributed by atoms with Crippen LogP contribution >= 0.6 is 11.8 Å². The maximum absolute atomic E-state index is 14.0. The van der Waals surface area contributed by atoms with Gasteiger partial charge in [-0.15, -0.1) is 16.9 Å². The van der Waals surface area contributed by atoms with Crippen LogP contribution in [0.15, 0.2) is 18.3 Å². The molecule has 1 aliphatic heterocycles. The summed E-state index contributed by atoms with van der Waals surface area (Å²) in [5.41, 5.74) is -1.30. The molecule has 0 spiro atoms. The van der Waals surface area contributed by atoms with Crippen molar-refractivity contribution in [2.24, 2.45) is 17.8 Å². The van der Waals surface area contributed by atoms with Gasteiger partial charge in [0.1, 0.15) is 17.7 Å². The zero-order valence-corrected chi connectivity index (χ0v) is 25.6. The second-order valence-corrected chi connectivity index (χ2v) is 12.1. The number of aromatic nitrogens is 3. The van der Waals surface area contributed by atoms with E-state index in [0.29, 0.717) is 18.7 Å². The quantitative estimate of drug-likeness (QED) is 0.242. The van der Waals surface area contributed by atoms with Crippen molar-refractivity contribution in [2.45, 2.75) is 63.4 Å². The maximum Gasteiger partial charge on any atom is 0.303 e. The molecule has 0 aliphatic carbocycles. The predicted molar refractivity (Wildman–Crippen MR) is 151 cm³/mol. The lowest BCUT2D eigenvalue weighted by Crippen LogP contribution is -2.52. The summed E-state index contributed by atoms with van der Waals surface area (Å²) in [6.07, 6.45) is -0.949. The number of carboxylic acids is 2. The van der Waals surface area contributed by atoms with Crippen LogP contribution in [0.4, 0.5) is 13.2 Å². The molecule has 3 rings (SSSR count). The number of halogens is 3. The van der Waals surface area contributed by atoms with E-state index in [1.54, 1.807) is 14.0 Å². The highest BCUT2D eigenvalue weighted by Crippen LogP contribution is 2.48. The predicted octanol–water partition coefficient (Wildman–Crippen LogP) is 3.61. The molecule has 0 bridgehead atoms. The summed E-state index contributed by atoms with van der Waals surface area (Å²) in [4.78, 5) is 50.7. The molecule has 6 atom stereocenters. The number of aliphatic carboxylic acids is 2.